The van der Waals surface area contributed by atoms with Gasteiger partial charge in [-0.1, -0.05) is 19.4 Å². The van der Waals surface area contributed by atoms with E-state index in [0.29, 0.717) is 16.5 Å². The van der Waals surface area contributed by atoms with Crippen molar-refractivity contribution in [3.8, 4) is 0 Å². The summed E-state index contributed by atoms with van der Waals surface area (Å²) in [7, 11) is 0. The smallest absolute Gasteiger partial charge is 0.256 e. The van der Waals surface area contributed by atoms with Crippen molar-refractivity contribution < 1.29 is 4.79 Å². The minimum Gasteiger partial charge on any atom is -0.338 e. The zero-order chi connectivity index (χ0) is 14.4. The number of para-hydroxylation sites is 1. The second kappa shape index (κ2) is 4.55. The van der Waals surface area contributed by atoms with Crippen LogP contribution in [0, 0.1) is 11.3 Å². The van der Waals surface area contributed by atoms with Crippen molar-refractivity contribution in [2.45, 2.75) is 32.6 Å². The molecule has 0 unspecified atom stereocenters. The van der Waals surface area contributed by atoms with E-state index in [0.717, 1.165) is 30.9 Å². The predicted molar refractivity (Wildman–Crippen MR) is 79.9 cm³/mol. The summed E-state index contributed by atoms with van der Waals surface area (Å²) in [5.74, 6) is 0.907. The first kappa shape index (κ1) is 12.8. The summed E-state index contributed by atoms with van der Waals surface area (Å²) in [6.45, 7) is 4.11. The fourth-order valence-electron chi connectivity index (χ4n) is 4.19. The molecule has 1 saturated carbocycles. The lowest BCUT2D eigenvalue weighted by atomic mass is 9.85. The minimum absolute atomic E-state index is 0.103. The second-order valence-corrected chi connectivity index (χ2v) is 6.82. The molecular formula is C16H20N4O. The van der Waals surface area contributed by atoms with Gasteiger partial charge in [-0.05, 0) is 42.7 Å². The molecule has 2 aliphatic rings. The Balaban J connectivity index is 1.60. The van der Waals surface area contributed by atoms with Crippen molar-refractivity contribution in [3.63, 3.8) is 0 Å². The molecule has 0 radical (unpaired) electrons. The number of aromatic amines is 1. The van der Waals surface area contributed by atoms with Crippen molar-refractivity contribution >= 4 is 16.9 Å². The molecule has 1 amide bonds. The van der Waals surface area contributed by atoms with Gasteiger partial charge in [0.15, 0.2) is 0 Å². The van der Waals surface area contributed by atoms with Gasteiger partial charge in [0, 0.05) is 13.1 Å². The largest absolute Gasteiger partial charge is 0.338 e. The lowest BCUT2D eigenvalue weighted by molar-refractivity contribution is 0.0774. The molecule has 110 valence electrons. The van der Waals surface area contributed by atoms with Crippen molar-refractivity contribution in [2.75, 3.05) is 13.1 Å². The van der Waals surface area contributed by atoms with E-state index < -0.39 is 0 Å². The number of nitrogens with zero attached hydrogens (tertiary/aromatic N) is 3. The molecule has 2 atom stereocenters. The third kappa shape index (κ3) is 2.03. The first-order chi connectivity index (χ1) is 10.2. The minimum atomic E-state index is 0.103. The van der Waals surface area contributed by atoms with Crippen LogP contribution in [-0.4, -0.2) is 39.3 Å². The van der Waals surface area contributed by atoms with E-state index in [-0.39, 0.29) is 5.91 Å². The maximum atomic E-state index is 12.8. The Labute approximate surface area is 123 Å². The van der Waals surface area contributed by atoms with Crippen molar-refractivity contribution in [2.24, 2.45) is 11.3 Å². The third-order valence-corrected chi connectivity index (χ3v) is 5.25. The number of carbonyl (C=O) groups is 1. The van der Waals surface area contributed by atoms with Gasteiger partial charge in [-0.3, -0.25) is 4.79 Å². The van der Waals surface area contributed by atoms with Crippen molar-refractivity contribution in [3.05, 3.63) is 23.8 Å². The van der Waals surface area contributed by atoms with Gasteiger partial charge in [0.05, 0.1) is 5.56 Å². The summed E-state index contributed by atoms with van der Waals surface area (Å²) in [6, 6.07) is 5.61. The molecule has 1 spiro atoms. The molecule has 1 aliphatic heterocycles. The lowest BCUT2D eigenvalue weighted by Gasteiger charge is -2.24. The van der Waals surface area contributed by atoms with E-state index in [2.05, 4.69) is 22.3 Å². The third-order valence-electron chi connectivity index (χ3n) is 5.25. The lowest BCUT2D eigenvalue weighted by Crippen LogP contribution is -2.31. The zero-order valence-electron chi connectivity index (χ0n) is 12.3. The molecule has 4 rings (SSSR count). The van der Waals surface area contributed by atoms with Crippen molar-refractivity contribution in [1.29, 1.82) is 0 Å². The first-order valence-electron chi connectivity index (χ1n) is 7.76. The summed E-state index contributed by atoms with van der Waals surface area (Å²) < 4.78 is 0. The fraction of sp³-hybridized carbons (Fsp3) is 0.562. The summed E-state index contributed by atoms with van der Waals surface area (Å²) in [4.78, 5) is 14.8. The number of fused-ring (bicyclic) bond motifs is 1. The molecular weight excluding hydrogens is 264 g/mol. The number of H-pyrrole nitrogens is 1. The van der Waals surface area contributed by atoms with Crippen LogP contribution in [0.2, 0.25) is 0 Å². The molecule has 1 N–H and O–H groups in total. The Morgan fingerprint density at radius 2 is 2.29 bits per heavy atom. The summed E-state index contributed by atoms with van der Waals surface area (Å²) in [5, 5.41) is 10.8. The van der Waals surface area contributed by atoms with Crippen LogP contribution in [0.4, 0.5) is 0 Å². The molecule has 0 bridgehead atoms. The van der Waals surface area contributed by atoms with Gasteiger partial charge in [-0.2, -0.15) is 15.4 Å². The number of likely N-dealkylation sites (tertiary alicyclic amines) is 1. The zero-order valence-corrected chi connectivity index (χ0v) is 12.3. The van der Waals surface area contributed by atoms with E-state index >= 15 is 0 Å². The number of amides is 1. The maximum Gasteiger partial charge on any atom is 0.256 e. The number of hydrogen-bond donors (Lipinski definition) is 1. The highest BCUT2D eigenvalue weighted by molar-refractivity contribution is 6.04. The van der Waals surface area contributed by atoms with Gasteiger partial charge >= 0.3 is 0 Å². The van der Waals surface area contributed by atoms with Gasteiger partial charge in [0.25, 0.3) is 5.91 Å². The number of nitrogens with one attached hydrogen (secondary N) is 1. The van der Waals surface area contributed by atoms with Gasteiger partial charge in [-0.15, -0.1) is 0 Å². The Morgan fingerprint density at radius 1 is 1.38 bits per heavy atom. The van der Waals surface area contributed by atoms with E-state index in [4.69, 9.17) is 0 Å². The summed E-state index contributed by atoms with van der Waals surface area (Å²) >= 11 is 0. The van der Waals surface area contributed by atoms with Crippen LogP contribution in [0.5, 0.6) is 0 Å². The van der Waals surface area contributed by atoms with Gasteiger partial charge in [-0.25, -0.2) is 0 Å². The quantitative estimate of drug-likeness (QED) is 0.875. The van der Waals surface area contributed by atoms with E-state index in [1.165, 1.54) is 19.3 Å². The number of hydrogen-bond acceptors (Lipinski definition) is 3. The van der Waals surface area contributed by atoms with Crippen molar-refractivity contribution in [1.82, 2.24) is 20.3 Å². The van der Waals surface area contributed by atoms with Crippen LogP contribution in [0.25, 0.3) is 11.0 Å². The summed E-state index contributed by atoms with van der Waals surface area (Å²) in [5.41, 5.74) is 2.49. The topological polar surface area (TPSA) is 61.9 Å². The highest BCUT2D eigenvalue weighted by Gasteiger charge is 2.44. The molecule has 1 aromatic carbocycles. The van der Waals surface area contributed by atoms with Crippen LogP contribution >= 0.6 is 0 Å². The van der Waals surface area contributed by atoms with Crippen LogP contribution in [-0.2, 0) is 0 Å². The second-order valence-electron chi connectivity index (χ2n) is 6.82. The van der Waals surface area contributed by atoms with Gasteiger partial charge in [0.1, 0.15) is 11.0 Å². The fourth-order valence-corrected chi connectivity index (χ4v) is 4.19. The molecule has 1 aliphatic carbocycles. The maximum absolute atomic E-state index is 12.8. The molecule has 1 aromatic heterocycles. The number of rotatable bonds is 1. The molecule has 2 fully saturated rings. The highest BCUT2D eigenvalue weighted by atomic mass is 16.2. The predicted octanol–water partition coefficient (Wildman–Crippen LogP) is 2.61. The first-order valence-corrected chi connectivity index (χ1v) is 7.76. The highest BCUT2D eigenvalue weighted by Crippen LogP contribution is 2.48. The van der Waals surface area contributed by atoms with E-state index in [1.54, 1.807) is 0 Å². The molecule has 1 saturated heterocycles. The van der Waals surface area contributed by atoms with E-state index in [1.807, 2.05) is 23.1 Å². The average molecular weight is 284 g/mol. The van der Waals surface area contributed by atoms with Crippen LogP contribution in [0.15, 0.2) is 18.2 Å². The molecule has 5 heteroatoms. The van der Waals surface area contributed by atoms with E-state index in [9.17, 15) is 4.79 Å². The Hall–Kier alpha value is -1.91. The van der Waals surface area contributed by atoms with Gasteiger partial charge < -0.3 is 4.90 Å². The van der Waals surface area contributed by atoms with Crippen LogP contribution in [0.3, 0.4) is 0 Å². The molecule has 2 aromatic rings. The Bertz CT molecular complexity index is 694. The molecule has 5 nitrogen and oxygen atoms in total. The van der Waals surface area contributed by atoms with Gasteiger partial charge in [0.2, 0.25) is 0 Å². The van der Waals surface area contributed by atoms with Crippen LogP contribution in [0.1, 0.15) is 43.0 Å². The number of aromatic nitrogens is 3. The Kier molecular flexibility index (Phi) is 2.77. The molecule has 21 heavy (non-hydrogen) atoms. The summed E-state index contributed by atoms with van der Waals surface area (Å²) in [6.07, 6.45) is 5.00. The van der Waals surface area contributed by atoms with Crippen LogP contribution < -0.4 is 0 Å². The average Bonchev–Trinajstić information content (AvgIpc) is 3.19. The monoisotopic (exact) mass is 284 g/mol. The normalized spacial score (nSPS) is 28.8. The standard InChI is InChI=1S/C16H20N4O/c1-11-5-6-16(9-11)7-8-20(10-16)15(21)12-3-2-4-13-14(12)18-19-17-13/h2-4,11H,5-10H2,1H3,(H,17,18,19)/t11-,16-/m0/s1. The number of benzene rings is 1. The molecule has 2 heterocycles. The Morgan fingerprint density at radius 3 is 3.10 bits per heavy atom. The SMILES string of the molecule is C[C@H]1CC[C@]2(CCN(C(=O)c3cccc4n[nH]nc34)C2)C1. The number of carbonyl (C=O) groups excluding carboxylic acids is 1.